The van der Waals surface area contributed by atoms with Crippen LogP contribution in [-0.2, 0) is 0 Å². The van der Waals surface area contributed by atoms with Crippen LogP contribution in [0.1, 0.15) is 42.0 Å². The maximum atomic E-state index is 12.4. The number of piperidine rings is 1. The Balaban J connectivity index is 1.67. The molecule has 1 saturated carbocycles. The molecule has 1 amide bonds. The molecule has 2 fully saturated rings. The summed E-state index contributed by atoms with van der Waals surface area (Å²) in [7, 11) is 0. The quantitative estimate of drug-likeness (QED) is 0.654. The summed E-state index contributed by atoms with van der Waals surface area (Å²) in [6, 6.07) is 0.147. The van der Waals surface area contributed by atoms with Gasteiger partial charge in [-0.1, -0.05) is 0 Å². The number of aryl methyl sites for hydroxylation is 1. The fourth-order valence-corrected chi connectivity index (χ4v) is 3.49. The molecule has 21 heavy (non-hydrogen) atoms. The van der Waals surface area contributed by atoms with Crippen molar-refractivity contribution in [2.45, 2.75) is 44.8 Å². The number of amides is 1. The second kappa shape index (κ2) is 6.15. The predicted octanol–water partition coefficient (Wildman–Crippen LogP) is 0.587. The van der Waals surface area contributed by atoms with E-state index < -0.39 is 0 Å². The molecule has 1 atom stereocenters. The first-order chi connectivity index (χ1) is 10.1. The van der Waals surface area contributed by atoms with Gasteiger partial charge in [0.1, 0.15) is 0 Å². The van der Waals surface area contributed by atoms with Crippen LogP contribution in [0.15, 0.2) is 6.20 Å². The third kappa shape index (κ3) is 3.27. The molecule has 1 aliphatic heterocycles. The normalized spacial score (nSPS) is 27.9. The summed E-state index contributed by atoms with van der Waals surface area (Å²) in [6.07, 6.45) is 5.23. The van der Waals surface area contributed by atoms with Gasteiger partial charge in [-0.2, -0.15) is 0 Å². The Labute approximate surface area is 124 Å². The molecule has 1 aromatic heterocycles. The van der Waals surface area contributed by atoms with Gasteiger partial charge in [0.2, 0.25) is 0 Å². The standard InChI is InChI=1S/C15H24N4O2/c1-9-8-17-14(18-9)15(21)19-13(11-6-12(20)7-11)10-2-4-16-5-3-10/h8,10-13,16,20H,2-7H2,1H3,(H,17,18)(H,19,21)/t11?,12?,13-/m0/s1. The van der Waals surface area contributed by atoms with Gasteiger partial charge in [-0.05, 0) is 57.5 Å². The molecular formula is C15H24N4O2. The summed E-state index contributed by atoms with van der Waals surface area (Å²) in [5.74, 6) is 1.13. The van der Waals surface area contributed by atoms with Crippen molar-refractivity contribution in [2.75, 3.05) is 13.1 Å². The number of rotatable bonds is 4. The van der Waals surface area contributed by atoms with Crippen molar-refractivity contribution < 1.29 is 9.90 Å². The maximum Gasteiger partial charge on any atom is 0.287 e. The van der Waals surface area contributed by atoms with Crippen molar-refractivity contribution in [3.8, 4) is 0 Å². The number of aromatic nitrogens is 2. The van der Waals surface area contributed by atoms with E-state index in [4.69, 9.17) is 0 Å². The lowest BCUT2D eigenvalue weighted by molar-refractivity contribution is 0.00908. The maximum absolute atomic E-state index is 12.4. The fraction of sp³-hybridized carbons (Fsp3) is 0.733. The van der Waals surface area contributed by atoms with E-state index in [1.165, 1.54) is 0 Å². The van der Waals surface area contributed by atoms with Gasteiger partial charge in [0.25, 0.3) is 5.91 Å². The smallest absolute Gasteiger partial charge is 0.287 e. The number of aromatic amines is 1. The molecule has 3 rings (SSSR count). The van der Waals surface area contributed by atoms with Crippen LogP contribution in [-0.4, -0.2) is 46.2 Å². The van der Waals surface area contributed by atoms with E-state index in [2.05, 4.69) is 20.6 Å². The lowest BCUT2D eigenvalue weighted by Gasteiger charge is -2.43. The van der Waals surface area contributed by atoms with Crippen LogP contribution in [0.3, 0.4) is 0 Å². The summed E-state index contributed by atoms with van der Waals surface area (Å²) in [6.45, 7) is 3.90. The third-order valence-corrected chi connectivity index (χ3v) is 4.76. The average molecular weight is 292 g/mol. The first kappa shape index (κ1) is 14.5. The number of imidazole rings is 1. The number of H-pyrrole nitrogens is 1. The molecule has 2 heterocycles. The summed E-state index contributed by atoms with van der Waals surface area (Å²) >= 11 is 0. The predicted molar refractivity (Wildman–Crippen MR) is 78.9 cm³/mol. The van der Waals surface area contributed by atoms with Crippen LogP contribution in [0.2, 0.25) is 0 Å². The first-order valence-electron chi connectivity index (χ1n) is 7.84. The highest BCUT2D eigenvalue weighted by atomic mass is 16.3. The van der Waals surface area contributed by atoms with Crippen LogP contribution >= 0.6 is 0 Å². The molecule has 4 N–H and O–H groups in total. The summed E-state index contributed by atoms with van der Waals surface area (Å²) in [5.41, 5.74) is 0.887. The van der Waals surface area contributed by atoms with Gasteiger partial charge in [-0.25, -0.2) is 4.98 Å². The molecule has 0 spiro atoms. The number of aliphatic hydroxyl groups is 1. The zero-order valence-corrected chi connectivity index (χ0v) is 12.4. The van der Waals surface area contributed by atoms with Gasteiger partial charge in [0, 0.05) is 17.9 Å². The second-order valence-corrected chi connectivity index (χ2v) is 6.39. The first-order valence-corrected chi connectivity index (χ1v) is 7.84. The van der Waals surface area contributed by atoms with Crippen LogP contribution < -0.4 is 10.6 Å². The van der Waals surface area contributed by atoms with Crippen molar-refractivity contribution in [3.63, 3.8) is 0 Å². The van der Waals surface area contributed by atoms with E-state index in [-0.39, 0.29) is 18.1 Å². The number of aliphatic hydroxyl groups excluding tert-OH is 1. The molecular weight excluding hydrogens is 268 g/mol. The Kier molecular flexibility index (Phi) is 4.26. The van der Waals surface area contributed by atoms with Crippen molar-refractivity contribution >= 4 is 5.91 Å². The number of nitrogens with one attached hydrogen (secondary N) is 3. The molecule has 6 heteroatoms. The Hall–Kier alpha value is -1.40. The van der Waals surface area contributed by atoms with E-state index in [0.717, 1.165) is 44.5 Å². The Morgan fingerprint density at radius 1 is 1.38 bits per heavy atom. The van der Waals surface area contributed by atoms with Gasteiger partial charge in [-0.3, -0.25) is 4.79 Å². The topological polar surface area (TPSA) is 90.0 Å². The zero-order chi connectivity index (χ0) is 14.8. The van der Waals surface area contributed by atoms with E-state index in [1.807, 2.05) is 6.92 Å². The SMILES string of the molecule is Cc1cnc(C(=O)N[C@@H](C2CCNCC2)C2CC(O)C2)[nH]1. The fourth-order valence-electron chi connectivity index (χ4n) is 3.49. The molecule has 0 radical (unpaired) electrons. The highest BCUT2D eigenvalue weighted by Crippen LogP contribution is 2.35. The van der Waals surface area contributed by atoms with Gasteiger partial charge >= 0.3 is 0 Å². The second-order valence-electron chi connectivity index (χ2n) is 6.39. The van der Waals surface area contributed by atoms with Crippen LogP contribution in [0.4, 0.5) is 0 Å². The summed E-state index contributed by atoms with van der Waals surface area (Å²) in [5, 5.41) is 16.1. The number of hydrogen-bond donors (Lipinski definition) is 4. The van der Waals surface area contributed by atoms with Crippen LogP contribution in [0.5, 0.6) is 0 Å². The largest absolute Gasteiger partial charge is 0.393 e. The van der Waals surface area contributed by atoms with Gasteiger partial charge in [0.15, 0.2) is 5.82 Å². The van der Waals surface area contributed by atoms with E-state index >= 15 is 0 Å². The third-order valence-electron chi connectivity index (χ3n) is 4.76. The summed E-state index contributed by atoms with van der Waals surface area (Å²) in [4.78, 5) is 19.4. The van der Waals surface area contributed by atoms with Crippen molar-refractivity contribution in [1.82, 2.24) is 20.6 Å². The number of hydrogen-bond acceptors (Lipinski definition) is 4. The number of carbonyl (C=O) groups excluding carboxylic acids is 1. The van der Waals surface area contributed by atoms with Gasteiger partial charge < -0.3 is 20.7 Å². The highest BCUT2D eigenvalue weighted by Gasteiger charge is 2.39. The van der Waals surface area contributed by atoms with E-state index in [9.17, 15) is 9.90 Å². The lowest BCUT2D eigenvalue weighted by atomic mass is 9.71. The van der Waals surface area contributed by atoms with E-state index in [1.54, 1.807) is 6.20 Å². The molecule has 0 unspecified atom stereocenters. The molecule has 1 aliphatic carbocycles. The lowest BCUT2D eigenvalue weighted by Crippen LogP contribution is -2.53. The molecule has 0 aromatic carbocycles. The highest BCUT2D eigenvalue weighted by molar-refractivity contribution is 5.90. The van der Waals surface area contributed by atoms with Gasteiger partial charge in [-0.15, -0.1) is 0 Å². The minimum Gasteiger partial charge on any atom is -0.393 e. The monoisotopic (exact) mass is 292 g/mol. The molecule has 1 aromatic rings. The van der Waals surface area contributed by atoms with Crippen LogP contribution in [0, 0.1) is 18.8 Å². The minimum atomic E-state index is -0.193. The summed E-state index contributed by atoms with van der Waals surface area (Å²) < 4.78 is 0. The minimum absolute atomic E-state index is 0.131. The molecule has 2 aliphatic rings. The molecule has 0 bridgehead atoms. The van der Waals surface area contributed by atoms with E-state index in [0.29, 0.717) is 17.7 Å². The molecule has 116 valence electrons. The molecule has 6 nitrogen and oxygen atoms in total. The van der Waals surface area contributed by atoms with Gasteiger partial charge in [0.05, 0.1) is 6.10 Å². The average Bonchev–Trinajstić information content (AvgIpc) is 2.89. The Morgan fingerprint density at radius 2 is 2.10 bits per heavy atom. The van der Waals surface area contributed by atoms with Crippen molar-refractivity contribution in [2.24, 2.45) is 11.8 Å². The van der Waals surface area contributed by atoms with Crippen LogP contribution in [0.25, 0.3) is 0 Å². The van der Waals surface area contributed by atoms with Crippen molar-refractivity contribution in [1.29, 1.82) is 0 Å². The number of nitrogens with zero attached hydrogens (tertiary/aromatic N) is 1. The zero-order valence-electron chi connectivity index (χ0n) is 12.4. The van der Waals surface area contributed by atoms with Crippen molar-refractivity contribution in [3.05, 3.63) is 17.7 Å². The molecule has 1 saturated heterocycles. The Morgan fingerprint density at radius 3 is 2.67 bits per heavy atom. The Bertz CT molecular complexity index is 490. The number of carbonyl (C=O) groups is 1.